The van der Waals surface area contributed by atoms with Crippen LogP contribution in [-0.2, 0) is 24.3 Å². The van der Waals surface area contributed by atoms with E-state index < -0.39 is 6.03 Å². The summed E-state index contributed by atoms with van der Waals surface area (Å²) in [5, 5.41) is 5.36. The lowest BCUT2D eigenvalue weighted by Gasteiger charge is -2.36. The zero-order valence-corrected chi connectivity index (χ0v) is 20.6. The Kier molecular flexibility index (Phi) is 5.78. The van der Waals surface area contributed by atoms with Gasteiger partial charge in [-0.05, 0) is 28.8 Å². The van der Waals surface area contributed by atoms with Gasteiger partial charge in [0.1, 0.15) is 5.82 Å². The van der Waals surface area contributed by atoms with Crippen molar-refractivity contribution in [3.8, 4) is 0 Å². The number of aryl methyl sites for hydroxylation is 1. The minimum Gasteiger partial charge on any atom is -0.353 e. The molecule has 6 rings (SSSR count). The van der Waals surface area contributed by atoms with Gasteiger partial charge in [0, 0.05) is 56.9 Å². The first-order valence-corrected chi connectivity index (χ1v) is 13.0. The van der Waals surface area contributed by atoms with Crippen molar-refractivity contribution in [1.29, 1.82) is 0 Å². The summed E-state index contributed by atoms with van der Waals surface area (Å²) >= 11 is 7.99. The largest absolute Gasteiger partial charge is 0.353 e. The SMILES string of the molecule is O=C1CCN(N2Cc3cc(CN4CCN(c5nc(Cl)nc6c5SCC6)CC4)ccc3C2=O)C(=O)N1. The highest BCUT2D eigenvalue weighted by molar-refractivity contribution is 7.99. The van der Waals surface area contributed by atoms with E-state index in [-0.39, 0.29) is 24.8 Å². The smallest absolute Gasteiger partial charge is 0.342 e. The zero-order valence-electron chi connectivity index (χ0n) is 19.0. The van der Waals surface area contributed by atoms with Gasteiger partial charge < -0.3 is 4.90 Å². The van der Waals surface area contributed by atoms with Gasteiger partial charge in [0.25, 0.3) is 5.91 Å². The van der Waals surface area contributed by atoms with Crippen LogP contribution in [0.1, 0.15) is 33.6 Å². The number of imide groups is 1. The van der Waals surface area contributed by atoms with Gasteiger partial charge in [0.05, 0.1) is 23.7 Å². The molecule has 4 aliphatic heterocycles. The first-order chi connectivity index (χ1) is 17.0. The number of hydrogen-bond donors (Lipinski definition) is 1. The number of hydrazine groups is 1. The van der Waals surface area contributed by atoms with Gasteiger partial charge in [0.15, 0.2) is 0 Å². The average molecular weight is 514 g/mol. The second-order valence-corrected chi connectivity index (χ2v) is 10.5. The third kappa shape index (κ3) is 4.21. The van der Waals surface area contributed by atoms with Crippen molar-refractivity contribution in [2.45, 2.75) is 30.8 Å². The fourth-order valence-electron chi connectivity index (χ4n) is 5.05. The van der Waals surface area contributed by atoms with Crippen molar-refractivity contribution in [2.24, 2.45) is 0 Å². The van der Waals surface area contributed by atoms with Gasteiger partial charge in [-0.2, -0.15) is 4.98 Å². The summed E-state index contributed by atoms with van der Waals surface area (Å²) in [5.41, 5.74) is 3.70. The molecule has 2 fully saturated rings. The number of fused-ring (bicyclic) bond motifs is 2. The van der Waals surface area contributed by atoms with Crippen molar-refractivity contribution in [2.75, 3.05) is 43.4 Å². The number of rotatable bonds is 4. The maximum atomic E-state index is 12.9. The lowest BCUT2D eigenvalue weighted by atomic mass is 10.1. The summed E-state index contributed by atoms with van der Waals surface area (Å²) in [6, 6.07) is 5.34. The first kappa shape index (κ1) is 22.6. The Morgan fingerprint density at radius 2 is 1.83 bits per heavy atom. The monoisotopic (exact) mass is 513 g/mol. The molecule has 2 aromatic rings. The molecule has 10 nitrogen and oxygen atoms in total. The highest BCUT2D eigenvalue weighted by Gasteiger charge is 2.37. The number of hydrogen-bond acceptors (Lipinski definition) is 8. The summed E-state index contributed by atoms with van der Waals surface area (Å²) in [4.78, 5) is 51.3. The molecule has 5 heterocycles. The maximum absolute atomic E-state index is 12.9. The Morgan fingerprint density at radius 1 is 1.00 bits per heavy atom. The molecule has 0 unspecified atom stereocenters. The van der Waals surface area contributed by atoms with Gasteiger partial charge in [-0.15, -0.1) is 11.8 Å². The molecular formula is C23H24ClN7O3S. The quantitative estimate of drug-likeness (QED) is 0.619. The third-order valence-corrected chi connectivity index (χ3v) is 8.12. The summed E-state index contributed by atoms with van der Waals surface area (Å²) in [6.45, 7) is 4.83. The minimum atomic E-state index is -0.547. The molecule has 0 radical (unpaired) electrons. The summed E-state index contributed by atoms with van der Waals surface area (Å²) < 4.78 is 0. The van der Waals surface area contributed by atoms with E-state index in [0.717, 1.165) is 67.5 Å². The maximum Gasteiger partial charge on any atom is 0.342 e. The normalized spacial score (nSPS) is 20.4. The van der Waals surface area contributed by atoms with Crippen LogP contribution in [0.25, 0.3) is 0 Å². The van der Waals surface area contributed by atoms with Gasteiger partial charge >= 0.3 is 6.03 Å². The molecule has 12 heteroatoms. The van der Waals surface area contributed by atoms with E-state index in [0.29, 0.717) is 17.4 Å². The number of benzene rings is 1. The van der Waals surface area contributed by atoms with E-state index in [1.807, 2.05) is 12.1 Å². The summed E-state index contributed by atoms with van der Waals surface area (Å²) in [5.74, 6) is 1.46. The second kappa shape index (κ2) is 8.96. The Hall–Kier alpha value is -2.89. The molecular weight excluding hydrogens is 490 g/mol. The number of carbonyl (C=O) groups excluding carboxylic acids is 3. The number of nitrogens with one attached hydrogen (secondary N) is 1. The molecule has 182 valence electrons. The number of urea groups is 1. The highest BCUT2D eigenvalue weighted by Crippen LogP contribution is 2.38. The molecule has 0 bridgehead atoms. The standard InChI is InChI=1S/C23H24ClN7O3S/c24-22-25-17-4-10-35-19(17)20(27-22)29-8-6-28(7-9-29)12-14-1-2-16-15(11-14)13-31(21(16)33)30-5-3-18(32)26-23(30)34/h1-2,11H,3-10,12-13H2,(H,26,32,34). The number of piperazine rings is 1. The molecule has 4 amide bonds. The lowest BCUT2D eigenvalue weighted by Crippen LogP contribution is -2.56. The average Bonchev–Trinajstić information content (AvgIpc) is 3.43. The van der Waals surface area contributed by atoms with Crippen molar-refractivity contribution in [3.63, 3.8) is 0 Å². The van der Waals surface area contributed by atoms with Crippen LogP contribution in [0, 0.1) is 0 Å². The van der Waals surface area contributed by atoms with E-state index in [1.165, 1.54) is 14.9 Å². The molecule has 4 aliphatic rings. The third-order valence-electron chi connectivity index (χ3n) is 6.83. The Morgan fingerprint density at radius 3 is 2.63 bits per heavy atom. The van der Waals surface area contributed by atoms with Gasteiger partial charge in [0.2, 0.25) is 11.2 Å². The number of carbonyl (C=O) groups is 3. The Labute approximate surface area is 211 Å². The topological polar surface area (TPSA) is 102 Å². The van der Waals surface area contributed by atoms with E-state index in [9.17, 15) is 14.4 Å². The zero-order chi connectivity index (χ0) is 24.1. The van der Waals surface area contributed by atoms with Crippen molar-refractivity contribution < 1.29 is 14.4 Å². The van der Waals surface area contributed by atoms with Crippen LogP contribution in [0.2, 0.25) is 5.28 Å². The van der Waals surface area contributed by atoms with E-state index in [2.05, 4.69) is 31.2 Å². The molecule has 1 N–H and O–H groups in total. The predicted molar refractivity (Wildman–Crippen MR) is 130 cm³/mol. The molecule has 2 saturated heterocycles. The van der Waals surface area contributed by atoms with Crippen molar-refractivity contribution >= 4 is 47.0 Å². The molecule has 0 atom stereocenters. The van der Waals surface area contributed by atoms with Crippen molar-refractivity contribution in [1.82, 2.24) is 30.2 Å². The van der Waals surface area contributed by atoms with Crippen LogP contribution in [0.3, 0.4) is 0 Å². The molecule has 1 aromatic heterocycles. The highest BCUT2D eigenvalue weighted by atomic mass is 35.5. The number of thioether (sulfide) groups is 1. The molecule has 1 aromatic carbocycles. The fourth-order valence-corrected chi connectivity index (χ4v) is 6.35. The van der Waals surface area contributed by atoms with E-state index >= 15 is 0 Å². The van der Waals surface area contributed by atoms with Gasteiger partial charge in [-0.25, -0.2) is 19.8 Å². The number of amides is 4. The number of halogens is 1. The molecule has 0 saturated carbocycles. The van der Waals surface area contributed by atoms with Gasteiger partial charge in [-0.3, -0.25) is 19.8 Å². The van der Waals surface area contributed by atoms with Crippen LogP contribution >= 0.6 is 23.4 Å². The molecule has 35 heavy (non-hydrogen) atoms. The Bertz CT molecular complexity index is 1230. The van der Waals surface area contributed by atoms with Crippen LogP contribution in [0.15, 0.2) is 23.1 Å². The fraction of sp³-hybridized carbons (Fsp3) is 0.435. The van der Waals surface area contributed by atoms with E-state index in [4.69, 9.17) is 11.6 Å². The molecule has 0 spiro atoms. The summed E-state index contributed by atoms with van der Waals surface area (Å²) in [6.07, 6.45) is 1.12. The van der Waals surface area contributed by atoms with Crippen LogP contribution < -0.4 is 10.2 Å². The first-order valence-electron chi connectivity index (χ1n) is 11.7. The number of aromatic nitrogens is 2. The van der Waals surface area contributed by atoms with Crippen LogP contribution in [-0.4, -0.2) is 81.2 Å². The predicted octanol–water partition coefficient (Wildman–Crippen LogP) is 1.91. The second-order valence-electron chi connectivity index (χ2n) is 9.03. The van der Waals surface area contributed by atoms with Crippen LogP contribution in [0.5, 0.6) is 0 Å². The number of anilines is 1. The van der Waals surface area contributed by atoms with Crippen molar-refractivity contribution in [3.05, 3.63) is 45.9 Å². The van der Waals surface area contributed by atoms with Crippen LogP contribution in [0.4, 0.5) is 10.6 Å². The lowest BCUT2D eigenvalue weighted by molar-refractivity contribution is -0.123. The van der Waals surface area contributed by atoms with E-state index in [1.54, 1.807) is 11.8 Å². The summed E-state index contributed by atoms with van der Waals surface area (Å²) in [7, 11) is 0. The number of nitrogens with zero attached hydrogens (tertiary/aromatic N) is 6. The molecule has 0 aliphatic carbocycles. The Balaban J connectivity index is 1.10. The van der Waals surface area contributed by atoms with Gasteiger partial charge in [-0.1, -0.05) is 12.1 Å². The minimum absolute atomic E-state index is 0.186.